The third-order valence-corrected chi connectivity index (χ3v) is 3.17. The van der Waals surface area contributed by atoms with E-state index in [1.165, 1.54) is 24.9 Å². The Bertz CT molecular complexity index is 507. The van der Waals surface area contributed by atoms with Crippen molar-refractivity contribution in [2.45, 2.75) is 26.3 Å². The summed E-state index contributed by atoms with van der Waals surface area (Å²) in [6, 6.07) is 5.79. The summed E-state index contributed by atoms with van der Waals surface area (Å²) >= 11 is 0. The molecule has 0 aliphatic heterocycles. The molecule has 0 saturated heterocycles. The van der Waals surface area contributed by atoms with Crippen LogP contribution in [0.3, 0.4) is 0 Å². The SMILES string of the molecule is CC(Cc1ccccc1F)NC(=O)N(C)CC(C)C(=O)O. The first-order valence-electron chi connectivity index (χ1n) is 6.79. The second kappa shape index (κ2) is 7.61. The molecule has 2 atom stereocenters. The highest BCUT2D eigenvalue weighted by Crippen LogP contribution is 2.09. The summed E-state index contributed by atoms with van der Waals surface area (Å²) in [6.07, 6.45) is 0.376. The van der Waals surface area contributed by atoms with E-state index < -0.39 is 11.9 Å². The van der Waals surface area contributed by atoms with Gasteiger partial charge in [-0.3, -0.25) is 4.79 Å². The van der Waals surface area contributed by atoms with Crippen molar-refractivity contribution in [2.24, 2.45) is 5.92 Å². The van der Waals surface area contributed by atoms with Crippen molar-refractivity contribution in [3.05, 3.63) is 35.6 Å². The van der Waals surface area contributed by atoms with E-state index in [1.807, 2.05) is 0 Å². The van der Waals surface area contributed by atoms with Gasteiger partial charge in [-0.25, -0.2) is 9.18 Å². The first-order valence-corrected chi connectivity index (χ1v) is 6.79. The summed E-state index contributed by atoms with van der Waals surface area (Å²) in [5.41, 5.74) is 0.534. The van der Waals surface area contributed by atoms with Crippen LogP contribution < -0.4 is 5.32 Å². The highest BCUT2D eigenvalue weighted by molar-refractivity contribution is 5.76. The van der Waals surface area contributed by atoms with Gasteiger partial charge in [-0.1, -0.05) is 25.1 Å². The number of aliphatic carboxylic acids is 1. The van der Waals surface area contributed by atoms with Gasteiger partial charge in [0.1, 0.15) is 5.82 Å². The Morgan fingerprint density at radius 3 is 2.52 bits per heavy atom. The average molecular weight is 296 g/mol. The fourth-order valence-electron chi connectivity index (χ4n) is 1.94. The quantitative estimate of drug-likeness (QED) is 0.845. The number of rotatable bonds is 6. The van der Waals surface area contributed by atoms with Crippen molar-refractivity contribution in [2.75, 3.05) is 13.6 Å². The smallest absolute Gasteiger partial charge is 0.317 e. The van der Waals surface area contributed by atoms with Gasteiger partial charge in [-0.05, 0) is 25.0 Å². The zero-order valence-corrected chi connectivity index (χ0v) is 12.5. The van der Waals surface area contributed by atoms with Crippen LogP contribution in [0.1, 0.15) is 19.4 Å². The van der Waals surface area contributed by atoms with Crippen molar-refractivity contribution in [3.8, 4) is 0 Å². The molecule has 0 heterocycles. The van der Waals surface area contributed by atoms with E-state index in [-0.39, 0.29) is 24.4 Å². The fourth-order valence-corrected chi connectivity index (χ4v) is 1.94. The number of nitrogens with zero attached hydrogens (tertiary/aromatic N) is 1. The van der Waals surface area contributed by atoms with Gasteiger partial charge in [0.25, 0.3) is 0 Å². The van der Waals surface area contributed by atoms with Crippen molar-refractivity contribution in [1.29, 1.82) is 0 Å². The van der Waals surface area contributed by atoms with E-state index in [1.54, 1.807) is 25.1 Å². The molecule has 2 unspecified atom stereocenters. The van der Waals surface area contributed by atoms with Crippen molar-refractivity contribution in [1.82, 2.24) is 10.2 Å². The lowest BCUT2D eigenvalue weighted by molar-refractivity contribution is -0.141. The zero-order chi connectivity index (χ0) is 16.0. The Morgan fingerprint density at radius 1 is 1.33 bits per heavy atom. The van der Waals surface area contributed by atoms with E-state index >= 15 is 0 Å². The molecule has 0 fully saturated rings. The maximum absolute atomic E-state index is 13.5. The van der Waals surface area contributed by atoms with Gasteiger partial charge in [0.2, 0.25) is 0 Å². The Labute approximate surface area is 123 Å². The molecule has 1 aromatic rings. The number of benzene rings is 1. The van der Waals surface area contributed by atoms with Crippen LogP contribution in [0.25, 0.3) is 0 Å². The molecule has 116 valence electrons. The minimum atomic E-state index is -0.950. The molecular weight excluding hydrogens is 275 g/mol. The number of carboxylic acids is 1. The van der Waals surface area contributed by atoms with E-state index in [0.717, 1.165) is 0 Å². The number of hydrogen-bond acceptors (Lipinski definition) is 2. The lowest BCUT2D eigenvalue weighted by Crippen LogP contribution is -2.44. The predicted octanol–water partition coefficient (Wildman–Crippen LogP) is 2.12. The highest BCUT2D eigenvalue weighted by Gasteiger charge is 2.18. The number of hydrogen-bond donors (Lipinski definition) is 2. The van der Waals surface area contributed by atoms with Crippen molar-refractivity contribution >= 4 is 12.0 Å². The molecule has 0 aromatic heterocycles. The fraction of sp³-hybridized carbons (Fsp3) is 0.467. The molecule has 0 bridgehead atoms. The number of amides is 2. The molecule has 2 N–H and O–H groups in total. The standard InChI is InChI=1S/C15H21FN2O3/c1-10(14(19)20)9-18(3)15(21)17-11(2)8-12-6-4-5-7-13(12)16/h4-7,10-11H,8-9H2,1-3H3,(H,17,21)(H,19,20). The minimum absolute atomic E-state index is 0.119. The number of urea groups is 1. The molecule has 0 spiro atoms. The molecule has 1 aromatic carbocycles. The Hall–Kier alpha value is -2.11. The number of nitrogens with one attached hydrogen (secondary N) is 1. The second-order valence-electron chi connectivity index (χ2n) is 5.27. The third-order valence-electron chi connectivity index (χ3n) is 3.17. The average Bonchev–Trinajstić information content (AvgIpc) is 2.40. The van der Waals surface area contributed by atoms with Gasteiger partial charge < -0.3 is 15.3 Å². The first-order chi connectivity index (χ1) is 9.81. The maximum atomic E-state index is 13.5. The van der Waals surface area contributed by atoms with Gasteiger partial charge in [-0.15, -0.1) is 0 Å². The second-order valence-corrected chi connectivity index (χ2v) is 5.27. The lowest BCUT2D eigenvalue weighted by atomic mass is 10.1. The molecule has 0 aliphatic rings. The van der Waals surface area contributed by atoms with Gasteiger partial charge in [0, 0.05) is 19.6 Å². The summed E-state index contributed by atoms with van der Waals surface area (Å²) in [5, 5.41) is 11.5. The zero-order valence-electron chi connectivity index (χ0n) is 12.5. The molecule has 2 amide bonds. The van der Waals surface area contributed by atoms with Crippen LogP contribution in [0, 0.1) is 11.7 Å². The number of carbonyl (C=O) groups excluding carboxylic acids is 1. The normalized spacial score (nSPS) is 13.3. The monoisotopic (exact) mass is 296 g/mol. The number of halogens is 1. The molecule has 21 heavy (non-hydrogen) atoms. The predicted molar refractivity (Wildman–Crippen MR) is 77.5 cm³/mol. The van der Waals surface area contributed by atoms with Crippen LogP contribution in [-0.4, -0.2) is 41.6 Å². The largest absolute Gasteiger partial charge is 0.481 e. The summed E-state index contributed by atoms with van der Waals surface area (Å²) in [7, 11) is 1.53. The minimum Gasteiger partial charge on any atom is -0.481 e. The van der Waals surface area contributed by atoms with E-state index in [2.05, 4.69) is 5.32 Å². The van der Waals surface area contributed by atoms with Gasteiger partial charge in [0.15, 0.2) is 0 Å². The van der Waals surface area contributed by atoms with Crippen LogP contribution in [0.2, 0.25) is 0 Å². The van der Waals surface area contributed by atoms with Crippen molar-refractivity contribution < 1.29 is 19.1 Å². The number of carbonyl (C=O) groups is 2. The van der Waals surface area contributed by atoms with E-state index in [9.17, 15) is 14.0 Å². The molecule has 0 saturated carbocycles. The Morgan fingerprint density at radius 2 is 1.95 bits per heavy atom. The van der Waals surface area contributed by atoms with Crippen LogP contribution in [0.15, 0.2) is 24.3 Å². The molecule has 6 heteroatoms. The van der Waals surface area contributed by atoms with Crippen LogP contribution in [0.4, 0.5) is 9.18 Å². The summed E-state index contributed by atoms with van der Waals surface area (Å²) in [4.78, 5) is 24.0. The molecule has 1 rings (SSSR count). The van der Waals surface area contributed by atoms with Crippen LogP contribution >= 0.6 is 0 Å². The summed E-state index contributed by atoms with van der Waals surface area (Å²) in [5.74, 6) is -1.89. The molecule has 5 nitrogen and oxygen atoms in total. The lowest BCUT2D eigenvalue weighted by Gasteiger charge is -2.23. The topological polar surface area (TPSA) is 69.6 Å². The highest BCUT2D eigenvalue weighted by atomic mass is 19.1. The number of carboxylic acid groups (broad SMARTS) is 1. The van der Waals surface area contributed by atoms with Gasteiger partial charge >= 0.3 is 12.0 Å². The summed E-state index contributed by atoms with van der Waals surface area (Å²) in [6.45, 7) is 3.43. The third kappa shape index (κ3) is 5.41. The Kier molecular flexibility index (Phi) is 6.14. The molecule has 0 radical (unpaired) electrons. The Balaban J connectivity index is 2.50. The maximum Gasteiger partial charge on any atom is 0.317 e. The van der Waals surface area contributed by atoms with E-state index in [4.69, 9.17) is 5.11 Å². The molecular formula is C15H21FN2O3. The molecule has 0 aliphatic carbocycles. The van der Waals surface area contributed by atoms with Crippen LogP contribution in [-0.2, 0) is 11.2 Å². The van der Waals surface area contributed by atoms with Gasteiger partial charge in [0.05, 0.1) is 5.92 Å². The van der Waals surface area contributed by atoms with Gasteiger partial charge in [-0.2, -0.15) is 0 Å². The van der Waals surface area contributed by atoms with Crippen LogP contribution in [0.5, 0.6) is 0 Å². The van der Waals surface area contributed by atoms with E-state index in [0.29, 0.717) is 12.0 Å². The summed E-state index contributed by atoms with van der Waals surface area (Å²) < 4.78 is 13.5. The first kappa shape index (κ1) is 16.9. The van der Waals surface area contributed by atoms with Crippen molar-refractivity contribution in [3.63, 3.8) is 0 Å².